The fourth-order valence-electron chi connectivity index (χ4n) is 1.96. The van der Waals surface area contributed by atoms with Crippen LogP contribution in [0.15, 0.2) is 0 Å². The Morgan fingerprint density at radius 3 is 2.42 bits per heavy atom. The van der Waals surface area contributed by atoms with Crippen LogP contribution >= 0.6 is 0 Å². The summed E-state index contributed by atoms with van der Waals surface area (Å²) in [6, 6.07) is 0. The maximum absolute atomic E-state index is 12.0. The van der Waals surface area contributed by atoms with Gasteiger partial charge in [0.25, 0.3) is 0 Å². The summed E-state index contributed by atoms with van der Waals surface area (Å²) < 4.78 is 0. The van der Waals surface area contributed by atoms with E-state index in [1.807, 2.05) is 6.92 Å². The first-order valence-corrected chi connectivity index (χ1v) is 7.11. The Morgan fingerprint density at radius 2 is 1.95 bits per heavy atom. The van der Waals surface area contributed by atoms with Crippen LogP contribution in [0.1, 0.15) is 40.0 Å². The molecule has 0 aliphatic carbocycles. The van der Waals surface area contributed by atoms with Gasteiger partial charge < -0.3 is 16.0 Å². The second kappa shape index (κ2) is 9.78. The van der Waals surface area contributed by atoms with Crippen molar-refractivity contribution in [3.63, 3.8) is 0 Å². The van der Waals surface area contributed by atoms with Crippen molar-refractivity contribution in [2.45, 2.75) is 40.0 Å². The molecule has 0 heterocycles. The summed E-state index contributed by atoms with van der Waals surface area (Å²) in [5.41, 5.74) is 5.69. The molecule has 2 amide bonds. The van der Waals surface area contributed by atoms with Crippen molar-refractivity contribution in [1.82, 2.24) is 10.2 Å². The quantitative estimate of drug-likeness (QED) is 0.656. The number of likely N-dealkylation sites (N-methyl/N-ethyl adjacent to an activating group) is 1. The molecule has 0 spiro atoms. The monoisotopic (exact) mass is 271 g/mol. The van der Waals surface area contributed by atoms with Crippen LogP contribution in [0.3, 0.4) is 0 Å². The third-order valence-electron chi connectivity index (χ3n) is 2.98. The molecule has 5 nitrogen and oxygen atoms in total. The summed E-state index contributed by atoms with van der Waals surface area (Å²) in [7, 11) is 1.66. The summed E-state index contributed by atoms with van der Waals surface area (Å²) in [4.78, 5) is 25.0. The Labute approximate surface area is 116 Å². The molecule has 5 heteroatoms. The van der Waals surface area contributed by atoms with Crippen LogP contribution in [0, 0.1) is 11.8 Å². The molecule has 0 aliphatic heterocycles. The molecular weight excluding hydrogens is 242 g/mol. The highest BCUT2D eigenvalue weighted by molar-refractivity contribution is 5.84. The van der Waals surface area contributed by atoms with E-state index >= 15 is 0 Å². The average molecular weight is 271 g/mol. The third-order valence-corrected chi connectivity index (χ3v) is 2.98. The molecule has 0 saturated carbocycles. The predicted octanol–water partition coefficient (Wildman–Crippen LogP) is 0.982. The maximum Gasteiger partial charge on any atom is 0.239 e. The number of nitrogens with zero attached hydrogens (tertiary/aromatic N) is 1. The predicted molar refractivity (Wildman–Crippen MR) is 77.6 cm³/mol. The minimum absolute atomic E-state index is 0.0113. The molecule has 0 fully saturated rings. The van der Waals surface area contributed by atoms with Gasteiger partial charge in [0.05, 0.1) is 6.54 Å². The van der Waals surface area contributed by atoms with Gasteiger partial charge in [-0.15, -0.1) is 0 Å². The van der Waals surface area contributed by atoms with Gasteiger partial charge in [-0.05, 0) is 31.2 Å². The van der Waals surface area contributed by atoms with E-state index in [0.717, 1.165) is 12.8 Å². The molecule has 0 aliphatic rings. The molecule has 3 N–H and O–H groups in total. The first-order valence-electron chi connectivity index (χ1n) is 7.11. The summed E-state index contributed by atoms with van der Waals surface area (Å²) in [6.07, 6.45) is 2.26. The second-order valence-electron chi connectivity index (χ2n) is 5.54. The zero-order valence-corrected chi connectivity index (χ0v) is 12.7. The van der Waals surface area contributed by atoms with Crippen LogP contribution in [-0.4, -0.2) is 43.4 Å². The van der Waals surface area contributed by atoms with Gasteiger partial charge in [-0.25, -0.2) is 0 Å². The highest BCUT2D eigenvalue weighted by Crippen LogP contribution is 2.15. The lowest BCUT2D eigenvalue weighted by molar-refractivity contribution is -0.135. The van der Waals surface area contributed by atoms with Crippen LogP contribution < -0.4 is 11.1 Å². The molecule has 0 saturated heterocycles. The Hall–Kier alpha value is -1.10. The van der Waals surface area contributed by atoms with E-state index in [1.165, 1.54) is 4.90 Å². The van der Waals surface area contributed by atoms with E-state index < -0.39 is 0 Å². The van der Waals surface area contributed by atoms with Crippen molar-refractivity contribution in [3.05, 3.63) is 0 Å². The van der Waals surface area contributed by atoms with Crippen LogP contribution in [0.25, 0.3) is 0 Å². The van der Waals surface area contributed by atoms with Crippen molar-refractivity contribution < 1.29 is 9.59 Å². The van der Waals surface area contributed by atoms with Crippen LogP contribution in [-0.2, 0) is 9.59 Å². The lowest BCUT2D eigenvalue weighted by Crippen LogP contribution is -2.39. The van der Waals surface area contributed by atoms with Gasteiger partial charge in [0.1, 0.15) is 0 Å². The molecule has 19 heavy (non-hydrogen) atoms. The fraction of sp³-hybridized carbons (Fsp3) is 0.857. The van der Waals surface area contributed by atoms with Gasteiger partial charge in [-0.3, -0.25) is 9.59 Å². The molecular formula is C14H29N3O2. The van der Waals surface area contributed by atoms with Crippen molar-refractivity contribution in [2.75, 3.05) is 26.7 Å². The summed E-state index contributed by atoms with van der Waals surface area (Å²) in [5, 5.41) is 2.76. The first-order chi connectivity index (χ1) is 8.90. The van der Waals surface area contributed by atoms with E-state index in [0.29, 0.717) is 25.4 Å². The molecule has 0 aromatic carbocycles. The summed E-state index contributed by atoms with van der Waals surface area (Å²) >= 11 is 0. The molecule has 1 atom stereocenters. The fourth-order valence-corrected chi connectivity index (χ4v) is 1.96. The molecule has 0 aromatic rings. The maximum atomic E-state index is 12.0. The van der Waals surface area contributed by atoms with E-state index in [4.69, 9.17) is 5.73 Å². The number of nitrogens with one attached hydrogen (secondary N) is 1. The van der Waals surface area contributed by atoms with Crippen molar-refractivity contribution >= 4 is 11.8 Å². The molecule has 1 unspecified atom stereocenters. The van der Waals surface area contributed by atoms with Gasteiger partial charge >= 0.3 is 0 Å². The molecule has 0 radical (unpaired) electrons. The molecule has 0 aromatic heterocycles. The normalized spacial score (nSPS) is 12.3. The second-order valence-corrected chi connectivity index (χ2v) is 5.54. The van der Waals surface area contributed by atoms with E-state index in [1.54, 1.807) is 7.05 Å². The minimum atomic E-state index is -0.106. The smallest absolute Gasteiger partial charge is 0.239 e. The van der Waals surface area contributed by atoms with Crippen molar-refractivity contribution in [2.24, 2.45) is 17.6 Å². The van der Waals surface area contributed by atoms with Crippen LogP contribution in [0.2, 0.25) is 0 Å². The molecule has 0 rings (SSSR count). The largest absolute Gasteiger partial charge is 0.355 e. The zero-order chi connectivity index (χ0) is 14.8. The molecule has 112 valence electrons. The average Bonchev–Trinajstić information content (AvgIpc) is 2.34. The van der Waals surface area contributed by atoms with Gasteiger partial charge in [0, 0.05) is 20.0 Å². The summed E-state index contributed by atoms with van der Waals surface area (Å²) in [5.74, 6) is 0.613. The summed E-state index contributed by atoms with van der Waals surface area (Å²) in [6.45, 7) is 7.52. The van der Waals surface area contributed by atoms with Crippen LogP contribution in [0.4, 0.5) is 0 Å². The minimum Gasteiger partial charge on any atom is -0.355 e. The van der Waals surface area contributed by atoms with Gasteiger partial charge in [0.15, 0.2) is 0 Å². The SMILES string of the molecule is CCCNC(=O)CN(C)C(=O)CC(CN)CC(C)C. The van der Waals surface area contributed by atoms with E-state index in [9.17, 15) is 9.59 Å². The Balaban J connectivity index is 4.13. The number of hydrogen-bond acceptors (Lipinski definition) is 3. The highest BCUT2D eigenvalue weighted by atomic mass is 16.2. The number of carbonyl (C=O) groups excluding carboxylic acids is 2. The zero-order valence-electron chi connectivity index (χ0n) is 12.7. The number of carbonyl (C=O) groups is 2. The lowest BCUT2D eigenvalue weighted by atomic mass is 9.94. The number of hydrogen-bond donors (Lipinski definition) is 2. The lowest BCUT2D eigenvalue weighted by Gasteiger charge is -2.21. The van der Waals surface area contributed by atoms with E-state index in [-0.39, 0.29) is 24.3 Å². The number of amides is 2. The van der Waals surface area contributed by atoms with Crippen molar-refractivity contribution in [1.29, 1.82) is 0 Å². The first kappa shape index (κ1) is 17.9. The highest BCUT2D eigenvalue weighted by Gasteiger charge is 2.18. The number of rotatable bonds is 9. The Bertz CT molecular complexity index is 280. The Kier molecular flexibility index (Phi) is 9.21. The number of nitrogens with two attached hydrogens (primary N) is 1. The van der Waals surface area contributed by atoms with Gasteiger partial charge in [-0.2, -0.15) is 0 Å². The van der Waals surface area contributed by atoms with Gasteiger partial charge in [0.2, 0.25) is 11.8 Å². The standard InChI is InChI=1S/C14H29N3O2/c1-5-6-16-13(18)10-17(4)14(19)8-12(9-15)7-11(2)3/h11-12H,5-10,15H2,1-4H3,(H,16,18). The van der Waals surface area contributed by atoms with E-state index in [2.05, 4.69) is 19.2 Å². The van der Waals surface area contributed by atoms with Gasteiger partial charge in [-0.1, -0.05) is 20.8 Å². The van der Waals surface area contributed by atoms with Crippen LogP contribution in [0.5, 0.6) is 0 Å². The topological polar surface area (TPSA) is 75.4 Å². The molecule has 0 bridgehead atoms. The Morgan fingerprint density at radius 1 is 1.32 bits per heavy atom. The third kappa shape index (κ3) is 8.59. The van der Waals surface area contributed by atoms with Crippen molar-refractivity contribution in [3.8, 4) is 0 Å².